The topological polar surface area (TPSA) is 76.7 Å². The molecule has 2 rings (SSSR count). The van der Waals surface area contributed by atoms with Gasteiger partial charge in [0.15, 0.2) is 0 Å². The van der Waals surface area contributed by atoms with Gasteiger partial charge in [0.05, 0.1) is 12.7 Å². The first-order valence-electron chi connectivity index (χ1n) is 9.56. The first-order valence-corrected chi connectivity index (χ1v) is 9.56. The second-order valence-electron chi connectivity index (χ2n) is 6.64. The van der Waals surface area contributed by atoms with Gasteiger partial charge in [-0.2, -0.15) is 0 Å². The predicted octanol–water partition coefficient (Wildman–Crippen LogP) is 3.91. The fourth-order valence-electron chi connectivity index (χ4n) is 2.43. The van der Waals surface area contributed by atoms with Crippen LogP contribution in [0.5, 0.6) is 11.5 Å². The van der Waals surface area contributed by atoms with Crippen LogP contribution in [0.2, 0.25) is 0 Å². The van der Waals surface area contributed by atoms with Crippen LogP contribution in [0.15, 0.2) is 48.5 Å². The van der Waals surface area contributed by atoms with Crippen molar-refractivity contribution in [2.24, 2.45) is 0 Å². The number of benzene rings is 2. The monoisotopic (exact) mass is 384 g/mol. The number of nitrogens with one attached hydrogen (secondary N) is 2. The minimum Gasteiger partial charge on any atom is -0.494 e. The van der Waals surface area contributed by atoms with Crippen molar-refractivity contribution in [2.45, 2.75) is 46.3 Å². The molecule has 2 aromatic carbocycles. The van der Waals surface area contributed by atoms with Crippen molar-refractivity contribution in [2.75, 3.05) is 11.9 Å². The Labute approximate surface area is 166 Å². The second-order valence-corrected chi connectivity index (χ2v) is 6.64. The maximum absolute atomic E-state index is 12.1. The van der Waals surface area contributed by atoms with Gasteiger partial charge < -0.3 is 20.1 Å². The third-order valence-electron chi connectivity index (χ3n) is 3.86. The Morgan fingerprint density at radius 1 is 1.00 bits per heavy atom. The summed E-state index contributed by atoms with van der Waals surface area (Å²) in [6.07, 6.45) is 2.08. The van der Waals surface area contributed by atoms with Crippen molar-refractivity contribution < 1.29 is 19.1 Å². The number of ether oxygens (including phenoxy) is 2. The molecule has 6 heteroatoms. The fourth-order valence-corrected chi connectivity index (χ4v) is 2.43. The molecule has 0 unspecified atom stereocenters. The summed E-state index contributed by atoms with van der Waals surface area (Å²) < 4.78 is 11.3. The highest BCUT2D eigenvalue weighted by Gasteiger charge is 2.14. The van der Waals surface area contributed by atoms with Crippen LogP contribution in [0.25, 0.3) is 0 Å². The maximum Gasteiger partial charge on any atom is 0.313 e. The van der Waals surface area contributed by atoms with E-state index in [1.54, 1.807) is 24.3 Å². The van der Waals surface area contributed by atoms with E-state index in [1.165, 1.54) is 0 Å². The van der Waals surface area contributed by atoms with Crippen LogP contribution in [-0.4, -0.2) is 24.5 Å². The normalized spacial score (nSPS) is 10.4. The van der Waals surface area contributed by atoms with E-state index in [9.17, 15) is 9.59 Å². The molecule has 0 saturated heterocycles. The predicted molar refractivity (Wildman–Crippen MR) is 110 cm³/mol. The van der Waals surface area contributed by atoms with Gasteiger partial charge in [0.2, 0.25) is 0 Å². The van der Waals surface area contributed by atoms with E-state index < -0.39 is 11.8 Å². The molecule has 2 aromatic rings. The van der Waals surface area contributed by atoms with Crippen molar-refractivity contribution in [1.29, 1.82) is 0 Å². The molecule has 0 aliphatic rings. The highest BCUT2D eigenvalue weighted by Crippen LogP contribution is 2.19. The molecule has 0 saturated carbocycles. The van der Waals surface area contributed by atoms with Gasteiger partial charge in [-0.05, 0) is 50.6 Å². The van der Waals surface area contributed by atoms with Crippen LogP contribution >= 0.6 is 0 Å². The lowest BCUT2D eigenvalue weighted by Crippen LogP contribution is -2.35. The van der Waals surface area contributed by atoms with E-state index in [2.05, 4.69) is 17.6 Å². The summed E-state index contributed by atoms with van der Waals surface area (Å²) in [6, 6.07) is 14.4. The minimum atomic E-state index is -0.720. The zero-order valence-electron chi connectivity index (χ0n) is 16.7. The summed E-state index contributed by atoms with van der Waals surface area (Å²) in [7, 11) is 0. The number of carbonyl (C=O) groups excluding carboxylic acids is 2. The molecule has 0 fully saturated rings. The van der Waals surface area contributed by atoms with E-state index in [0.29, 0.717) is 18.0 Å². The van der Waals surface area contributed by atoms with E-state index in [-0.39, 0.29) is 12.6 Å². The lowest BCUT2D eigenvalue weighted by molar-refractivity contribution is -0.136. The van der Waals surface area contributed by atoms with Gasteiger partial charge in [-0.15, -0.1) is 0 Å². The van der Waals surface area contributed by atoms with Crippen molar-refractivity contribution in [3.63, 3.8) is 0 Å². The number of unbranched alkanes of at least 4 members (excludes halogenated alkanes) is 1. The minimum absolute atomic E-state index is 0.0223. The van der Waals surface area contributed by atoms with Crippen molar-refractivity contribution in [3.05, 3.63) is 54.1 Å². The molecule has 6 nitrogen and oxygen atoms in total. The Bertz CT molecular complexity index is 772. The third-order valence-corrected chi connectivity index (χ3v) is 3.86. The fraction of sp³-hybridized carbons (Fsp3) is 0.364. The number of anilines is 1. The SMILES string of the molecule is CCCCOc1ccc(NC(=O)C(=O)NCc2ccccc2OC(C)C)cc1. The molecule has 0 bridgehead atoms. The molecular weight excluding hydrogens is 356 g/mol. The average Bonchev–Trinajstić information content (AvgIpc) is 2.68. The summed E-state index contributed by atoms with van der Waals surface area (Å²) in [5.41, 5.74) is 1.34. The Morgan fingerprint density at radius 3 is 2.39 bits per heavy atom. The smallest absolute Gasteiger partial charge is 0.313 e. The number of amides is 2. The third kappa shape index (κ3) is 6.95. The Balaban J connectivity index is 1.85. The molecule has 0 aliphatic carbocycles. The molecule has 150 valence electrons. The number of para-hydroxylation sites is 1. The van der Waals surface area contributed by atoms with Crippen LogP contribution < -0.4 is 20.1 Å². The highest BCUT2D eigenvalue weighted by atomic mass is 16.5. The molecular formula is C22H28N2O4. The van der Waals surface area contributed by atoms with Crippen molar-refractivity contribution in [3.8, 4) is 11.5 Å². The number of hydrogen-bond acceptors (Lipinski definition) is 4. The molecule has 0 aliphatic heterocycles. The zero-order valence-corrected chi connectivity index (χ0v) is 16.7. The summed E-state index contributed by atoms with van der Waals surface area (Å²) in [5.74, 6) is -0.000868. The lowest BCUT2D eigenvalue weighted by atomic mass is 10.2. The molecule has 0 radical (unpaired) electrons. The Morgan fingerprint density at radius 2 is 1.71 bits per heavy atom. The van der Waals surface area contributed by atoms with E-state index in [0.717, 1.165) is 24.2 Å². The standard InChI is InChI=1S/C22H28N2O4/c1-4-5-14-27-19-12-10-18(11-13-19)24-22(26)21(25)23-15-17-8-6-7-9-20(17)28-16(2)3/h6-13,16H,4-5,14-15H2,1-3H3,(H,23,25)(H,24,26). The Kier molecular flexibility index (Phi) is 8.34. The van der Waals surface area contributed by atoms with Gasteiger partial charge in [0.1, 0.15) is 11.5 Å². The van der Waals surface area contributed by atoms with E-state index >= 15 is 0 Å². The molecule has 2 N–H and O–H groups in total. The van der Waals surface area contributed by atoms with Crippen LogP contribution in [0.3, 0.4) is 0 Å². The van der Waals surface area contributed by atoms with E-state index in [4.69, 9.17) is 9.47 Å². The van der Waals surface area contributed by atoms with Gasteiger partial charge in [-0.3, -0.25) is 9.59 Å². The summed E-state index contributed by atoms with van der Waals surface area (Å²) >= 11 is 0. The van der Waals surface area contributed by atoms with Crippen LogP contribution in [-0.2, 0) is 16.1 Å². The quantitative estimate of drug-likeness (QED) is 0.508. The number of rotatable bonds is 9. The number of carbonyl (C=O) groups is 2. The molecule has 28 heavy (non-hydrogen) atoms. The molecule has 0 atom stereocenters. The van der Waals surface area contributed by atoms with Gasteiger partial charge in [-0.1, -0.05) is 31.5 Å². The first-order chi connectivity index (χ1) is 13.5. The molecule has 0 aromatic heterocycles. The second kappa shape index (κ2) is 11.0. The maximum atomic E-state index is 12.1. The van der Waals surface area contributed by atoms with Crippen molar-refractivity contribution >= 4 is 17.5 Å². The van der Waals surface area contributed by atoms with Crippen molar-refractivity contribution in [1.82, 2.24) is 5.32 Å². The van der Waals surface area contributed by atoms with Crippen LogP contribution in [0.1, 0.15) is 39.2 Å². The summed E-state index contributed by atoms with van der Waals surface area (Å²) in [4.78, 5) is 24.2. The van der Waals surface area contributed by atoms with Crippen LogP contribution in [0, 0.1) is 0 Å². The number of hydrogen-bond donors (Lipinski definition) is 2. The zero-order chi connectivity index (χ0) is 20.4. The Hall–Kier alpha value is -3.02. The van der Waals surface area contributed by atoms with Gasteiger partial charge in [-0.25, -0.2) is 0 Å². The van der Waals surface area contributed by atoms with Crippen LogP contribution in [0.4, 0.5) is 5.69 Å². The van der Waals surface area contributed by atoms with Gasteiger partial charge in [0.25, 0.3) is 0 Å². The molecule has 0 heterocycles. The highest BCUT2D eigenvalue weighted by molar-refractivity contribution is 6.39. The summed E-state index contributed by atoms with van der Waals surface area (Å²) in [5, 5.41) is 5.20. The molecule has 2 amide bonds. The first kappa shape index (κ1) is 21.3. The lowest BCUT2D eigenvalue weighted by Gasteiger charge is -2.14. The average molecular weight is 384 g/mol. The molecule has 0 spiro atoms. The van der Waals surface area contributed by atoms with Gasteiger partial charge in [0, 0.05) is 17.8 Å². The van der Waals surface area contributed by atoms with Gasteiger partial charge >= 0.3 is 11.8 Å². The van der Waals surface area contributed by atoms with E-state index in [1.807, 2.05) is 38.1 Å². The largest absolute Gasteiger partial charge is 0.494 e. The summed E-state index contributed by atoms with van der Waals surface area (Å²) in [6.45, 7) is 6.83.